The van der Waals surface area contributed by atoms with E-state index in [1.807, 2.05) is 24.3 Å². The number of carbonyl (C=O) groups is 1. The van der Waals surface area contributed by atoms with Crippen molar-refractivity contribution in [3.63, 3.8) is 0 Å². The van der Waals surface area contributed by atoms with E-state index in [-0.39, 0.29) is 5.78 Å². The predicted octanol–water partition coefficient (Wildman–Crippen LogP) is 4.38. The van der Waals surface area contributed by atoms with Crippen LogP contribution in [-0.4, -0.2) is 17.9 Å². The highest BCUT2D eigenvalue weighted by Gasteiger charge is 2.06. The van der Waals surface area contributed by atoms with Crippen molar-refractivity contribution in [2.45, 2.75) is 0 Å². The highest BCUT2D eigenvalue weighted by atomic mass is 35.5. The molecule has 5 heteroatoms. The number of anilines is 1. The summed E-state index contributed by atoms with van der Waals surface area (Å²) < 4.78 is 5.18. The lowest BCUT2D eigenvalue weighted by atomic mass is 10.1. The van der Waals surface area contributed by atoms with Gasteiger partial charge < -0.3 is 10.5 Å². The van der Waals surface area contributed by atoms with Crippen LogP contribution in [0.5, 0.6) is 5.75 Å². The van der Waals surface area contributed by atoms with E-state index in [1.165, 1.54) is 6.08 Å². The van der Waals surface area contributed by atoms with Gasteiger partial charge in [-0.1, -0.05) is 23.7 Å². The standard InChI is InChI=1S/C19H15ClN2O2/c1-24-16-7-5-12-9-14(19(20)22-17(12)11-16)6-8-18(23)13-3-2-4-15(21)10-13/h2-11H,21H2,1H3. The Kier molecular flexibility index (Phi) is 4.49. The summed E-state index contributed by atoms with van der Waals surface area (Å²) in [4.78, 5) is 16.6. The zero-order valence-corrected chi connectivity index (χ0v) is 13.7. The van der Waals surface area contributed by atoms with Crippen molar-refractivity contribution < 1.29 is 9.53 Å². The summed E-state index contributed by atoms with van der Waals surface area (Å²) in [6.07, 6.45) is 3.12. The van der Waals surface area contributed by atoms with Crippen LogP contribution in [0.25, 0.3) is 17.0 Å². The normalized spacial score (nSPS) is 11.1. The molecule has 3 rings (SSSR count). The topological polar surface area (TPSA) is 65.2 Å². The summed E-state index contributed by atoms with van der Waals surface area (Å²) >= 11 is 6.22. The minimum absolute atomic E-state index is 0.145. The van der Waals surface area contributed by atoms with Gasteiger partial charge in [-0.25, -0.2) is 4.98 Å². The molecule has 120 valence electrons. The number of hydrogen-bond donors (Lipinski definition) is 1. The number of ether oxygens (including phenoxy) is 1. The summed E-state index contributed by atoms with van der Waals surface area (Å²) in [5.41, 5.74) is 8.18. The average Bonchev–Trinajstić information content (AvgIpc) is 2.59. The van der Waals surface area contributed by atoms with Crippen molar-refractivity contribution in [2.75, 3.05) is 12.8 Å². The van der Waals surface area contributed by atoms with Gasteiger partial charge in [-0.15, -0.1) is 0 Å². The van der Waals surface area contributed by atoms with Crippen molar-refractivity contribution in [1.29, 1.82) is 0 Å². The number of allylic oxidation sites excluding steroid dienone is 1. The molecular weight excluding hydrogens is 324 g/mol. The molecule has 3 aromatic rings. The van der Waals surface area contributed by atoms with Gasteiger partial charge in [-0.05, 0) is 42.5 Å². The fourth-order valence-corrected chi connectivity index (χ4v) is 2.55. The maximum absolute atomic E-state index is 12.2. The number of benzene rings is 2. The Morgan fingerprint density at radius 2 is 2.04 bits per heavy atom. The van der Waals surface area contributed by atoms with Crippen LogP contribution in [0.4, 0.5) is 5.69 Å². The first-order valence-corrected chi connectivity index (χ1v) is 7.67. The van der Waals surface area contributed by atoms with Crippen LogP contribution in [0, 0.1) is 0 Å². The summed E-state index contributed by atoms with van der Waals surface area (Å²) in [5, 5.41) is 1.24. The van der Waals surface area contributed by atoms with Crippen LogP contribution in [0.15, 0.2) is 54.6 Å². The van der Waals surface area contributed by atoms with Crippen molar-refractivity contribution in [3.8, 4) is 5.75 Å². The Balaban J connectivity index is 1.91. The molecule has 0 saturated heterocycles. The van der Waals surface area contributed by atoms with Gasteiger partial charge in [0.2, 0.25) is 0 Å². The fourth-order valence-electron chi connectivity index (χ4n) is 2.34. The summed E-state index contributed by atoms with van der Waals surface area (Å²) in [6, 6.07) is 14.3. The summed E-state index contributed by atoms with van der Waals surface area (Å²) in [6.45, 7) is 0. The molecule has 4 nitrogen and oxygen atoms in total. The smallest absolute Gasteiger partial charge is 0.185 e. The van der Waals surface area contributed by atoms with Crippen LogP contribution in [-0.2, 0) is 0 Å². The number of carbonyl (C=O) groups excluding carboxylic acids is 1. The number of nitrogen functional groups attached to an aromatic ring is 1. The first kappa shape index (κ1) is 16.0. The largest absolute Gasteiger partial charge is 0.497 e. The van der Waals surface area contributed by atoms with Gasteiger partial charge in [-0.3, -0.25) is 4.79 Å². The second-order valence-corrected chi connectivity index (χ2v) is 5.61. The van der Waals surface area contributed by atoms with E-state index in [1.54, 1.807) is 37.5 Å². The number of ketones is 1. The Morgan fingerprint density at radius 1 is 1.21 bits per heavy atom. The van der Waals surface area contributed by atoms with Crippen LogP contribution in [0.2, 0.25) is 5.15 Å². The lowest BCUT2D eigenvalue weighted by molar-refractivity contribution is 0.104. The third-order valence-electron chi connectivity index (χ3n) is 3.59. The molecule has 0 aliphatic heterocycles. The van der Waals surface area contributed by atoms with E-state index in [9.17, 15) is 4.79 Å². The number of rotatable bonds is 4. The molecule has 0 fully saturated rings. The lowest BCUT2D eigenvalue weighted by Crippen LogP contribution is -1.96. The fraction of sp³-hybridized carbons (Fsp3) is 0.0526. The van der Waals surface area contributed by atoms with E-state index < -0.39 is 0 Å². The first-order chi connectivity index (χ1) is 11.6. The second-order valence-electron chi connectivity index (χ2n) is 5.25. The van der Waals surface area contributed by atoms with Crippen molar-refractivity contribution in [3.05, 3.63) is 70.9 Å². The molecule has 24 heavy (non-hydrogen) atoms. The van der Waals surface area contributed by atoms with Crippen LogP contribution in [0.1, 0.15) is 15.9 Å². The van der Waals surface area contributed by atoms with E-state index >= 15 is 0 Å². The van der Waals surface area contributed by atoms with E-state index in [0.29, 0.717) is 27.7 Å². The maximum atomic E-state index is 12.2. The minimum Gasteiger partial charge on any atom is -0.497 e. The molecule has 0 saturated carbocycles. The SMILES string of the molecule is COc1ccc2cc(C=CC(=O)c3cccc(N)c3)c(Cl)nc2c1. The Bertz CT molecular complexity index is 951. The predicted molar refractivity (Wildman–Crippen MR) is 97.5 cm³/mol. The van der Waals surface area contributed by atoms with Gasteiger partial charge >= 0.3 is 0 Å². The molecule has 2 N–H and O–H groups in total. The zero-order chi connectivity index (χ0) is 17.1. The number of aromatic nitrogens is 1. The molecule has 0 unspecified atom stereocenters. The van der Waals surface area contributed by atoms with E-state index in [2.05, 4.69) is 4.98 Å². The summed E-state index contributed by atoms with van der Waals surface area (Å²) in [5.74, 6) is 0.569. The minimum atomic E-state index is -0.145. The molecule has 0 aliphatic rings. The van der Waals surface area contributed by atoms with Gasteiger partial charge in [0.15, 0.2) is 5.78 Å². The molecule has 2 aromatic carbocycles. The number of nitrogens with zero attached hydrogens (tertiary/aromatic N) is 1. The zero-order valence-electron chi connectivity index (χ0n) is 13.0. The van der Waals surface area contributed by atoms with Crippen LogP contribution in [0.3, 0.4) is 0 Å². The third kappa shape index (κ3) is 3.39. The quantitative estimate of drug-likeness (QED) is 0.332. The maximum Gasteiger partial charge on any atom is 0.185 e. The monoisotopic (exact) mass is 338 g/mol. The van der Waals surface area contributed by atoms with Gasteiger partial charge in [0, 0.05) is 28.3 Å². The highest BCUT2D eigenvalue weighted by molar-refractivity contribution is 6.31. The van der Waals surface area contributed by atoms with Crippen molar-refractivity contribution in [2.24, 2.45) is 0 Å². The lowest BCUT2D eigenvalue weighted by Gasteiger charge is -2.05. The van der Waals surface area contributed by atoms with Crippen LogP contribution < -0.4 is 10.5 Å². The molecule has 1 heterocycles. The average molecular weight is 339 g/mol. The Morgan fingerprint density at radius 3 is 2.79 bits per heavy atom. The molecule has 0 spiro atoms. The Labute approximate surface area is 144 Å². The summed E-state index contributed by atoms with van der Waals surface area (Å²) in [7, 11) is 1.60. The molecule has 1 aromatic heterocycles. The second kappa shape index (κ2) is 6.72. The third-order valence-corrected chi connectivity index (χ3v) is 3.89. The first-order valence-electron chi connectivity index (χ1n) is 7.29. The number of halogens is 1. The molecule has 0 radical (unpaired) electrons. The van der Waals surface area contributed by atoms with E-state index in [4.69, 9.17) is 22.1 Å². The molecular formula is C19H15ClN2O2. The molecule has 0 bridgehead atoms. The van der Waals surface area contributed by atoms with Gasteiger partial charge in [0.25, 0.3) is 0 Å². The molecule has 0 amide bonds. The number of pyridine rings is 1. The Hall–Kier alpha value is -2.85. The number of nitrogens with two attached hydrogens (primary N) is 1. The molecule has 0 atom stereocenters. The van der Waals surface area contributed by atoms with Gasteiger partial charge in [0.1, 0.15) is 10.9 Å². The van der Waals surface area contributed by atoms with E-state index in [0.717, 1.165) is 10.9 Å². The van der Waals surface area contributed by atoms with Gasteiger partial charge in [0.05, 0.1) is 12.6 Å². The highest BCUT2D eigenvalue weighted by Crippen LogP contribution is 2.25. The van der Waals surface area contributed by atoms with Crippen molar-refractivity contribution in [1.82, 2.24) is 4.98 Å². The number of fused-ring (bicyclic) bond motifs is 1. The molecule has 0 aliphatic carbocycles. The number of hydrogen-bond acceptors (Lipinski definition) is 4. The van der Waals surface area contributed by atoms with Crippen molar-refractivity contribution >= 4 is 40.1 Å². The number of methoxy groups -OCH3 is 1. The van der Waals surface area contributed by atoms with Gasteiger partial charge in [-0.2, -0.15) is 0 Å². The van der Waals surface area contributed by atoms with Crippen LogP contribution >= 0.6 is 11.6 Å².